The van der Waals surface area contributed by atoms with Gasteiger partial charge in [0.2, 0.25) is 0 Å². The lowest BCUT2D eigenvalue weighted by Crippen LogP contribution is -2.40. The summed E-state index contributed by atoms with van der Waals surface area (Å²) in [6.45, 7) is 3.58. The molecular weight excluding hydrogens is 435 g/mol. The number of benzene rings is 1. The predicted octanol–water partition coefficient (Wildman–Crippen LogP) is 4.43. The average molecular weight is 461 g/mol. The van der Waals surface area contributed by atoms with Crippen molar-refractivity contribution in [3.63, 3.8) is 0 Å². The minimum atomic E-state index is -4.42. The first-order chi connectivity index (χ1) is 15.7. The van der Waals surface area contributed by atoms with Crippen LogP contribution in [0.15, 0.2) is 24.3 Å². The van der Waals surface area contributed by atoms with Crippen LogP contribution >= 0.6 is 0 Å². The molecule has 0 N–H and O–H groups in total. The molecule has 0 radical (unpaired) electrons. The number of carbonyl (C=O) groups excluding carboxylic acids is 1. The van der Waals surface area contributed by atoms with Gasteiger partial charge in [0.1, 0.15) is 17.6 Å². The fourth-order valence-corrected chi connectivity index (χ4v) is 4.99. The van der Waals surface area contributed by atoms with E-state index in [0.717, 1.165) is 30.7 Å². The molecule has 33 heavy (non-hydrogen) atoms. The number of imidazole rings is 1. The Kier molecular flexibility index (Phi) is 5.43. The molecule has 2 aliphatic rings. The number of fused-ring (bicyclic) bond motifs is 1. The van der Waals surface area contributed by atoms with Gasteiger partial charge >= 0.3 is 6.18 Å². The first-order valence-corrected chi connectivity index (χ1v) is 11.2. The van der Waals surface area contributed by atoms with Gasteiger partial charge in [-0.1, -0.05) is 0 Å². The third-order valence-electron chi connectivity index (χ3n) is 6.60. The van der Waals surface area contributed by atoms with Crippen molar-refractivity contribution in [1.29, 1.82) is 0 Å². The molecule has 7 nitrogen and oxygen atoms in total. The third-order valence-corrected chi connectivity index (χ3v) is 6.60. The van der Waals surface area contributed by atoms with Crippen LogP contribution in [0.25, 0.3) is 11.0 Å². The maximum Gasteiger partial charge on any atom is 0.416 e. The third kappa shape index (κ3) is 4.01. The highest BCUT2D eigenvalue weighted by molar-refractivity contribution is 5.92. The van der Waals surface area contributed by atoms with Gasteiger partial charge in [0.25, 0.3) is 5.91 Å². The SMILES string of the molecule is Cc1cc(C(=O)N2CCC(n3c([C@@H]4CCCO4)nc4cc(C(F)(F)F)ccc43)CC2)n(C)n1. The van der Waals surface area contributed by atoms with E-state index in [1.807, 2.05) is 11.8 Å². The first-order valence-electron chi connectivity index (χ1n) is 11.2. The topological polar surface area (TPSA) is 65.2 Å². The molecule has 0 unspecified atom stereocenters. The summed E-state index contributed by atoms with van der Waals surface area (Å²) in [6, 6.07) is 5.56. The van der Waals surface area contributed by atoms with Crippen LogP contribution in [0.2, 0.25) is 0 Å². The molecule has 3 aromatic rings. The molecule has 2 aliphatic heterocycles. The summed E-state index contributed by atoms with van der Waals surface area (Å²) in [5.41, 5.74) is 1.66. The number of carbonyl (C=O) groups is 1. The summed E-state index contributed by atoms with van der Waals surface area (Å²) in [4.78, 5) is 19.4. The van der Waals surface area contributed by atoms with Crippen molar-refractivity contribution in [1.82, 2.24) is 24.2 Å². The highest BCUT2D eigenvalue weighted by Gasteiger charge is 2.34. The van der Waals surface area contributed by atoms with E-state index in [1.54, 1.807) is 17.8 Å². The van der Waals surface area contributed by atoms with E-state index >= 15 is 0 Å². The highest BCUT2D eigenvalue weighted by Crippen LogP contribution is 2.38. The summed E-state index contributed by atoms with van der Waals surface area (Å²) in [5, 5.41) is 4.26. The van der Waals surface area contributed by atoms with Crippen molar-refractivity contribution >= 4 is 16.9 Å². The maximum atomic E-state index is 13.3. The number of hydrogen-bond acceptors (Lipinski definition) is 4. The van der Waals surface area contributed by atoms with Gasteiger partial charge in [-0.25, -0.2) is 4.98 Å². The van der Waals surface area contributed by atoms with E-state index < -0.39 is 11.7 Å². The minimum absolute atomic E-state index is 0.0308. The van der Waals surface area contributed by atoms with Gasteiger partial charge in [-0.15, -0.1) is 0 Å². The molecule has 5 rings (SSSR count). The van der Waals surface area contributed by atoms with E-state index in [-0.39, 0.29) is 18.1 Å². The van der Waals surface area contributed by atoms with Crippen LogP contribution in [0.4, 0.5) is 13.2 Å². The van der Waals surface area contributed by atoms with Crippen molar-refractivity contribution in [2.75, 3.05) is 19.7 Å². The molecule has 0 spiro atoms. The normalized spacial score (nSPS) is 20.2. The molecule has 2 saturated heterocycles. The monoisotopic (exact) mass is 461 g/mol. The molecule has 0 bridgehead atoms. The fourth-order valence-electron chi connectivity index (χ4n) is 4.99. The van der Waals surface area contributed by atoms with Crippen molar-refractivity contribution in [3.05, 3.63) is 47.0 Å². The summed E-state index contributed by atoms with van der Waals surface area (Å²) in [5.74, 6) is 0.634. The number of hydrogen-bond donors (Lipinski definition) is 0. The number of aromatic nitrogens is 4. The lowest BCUT2D eigenvalue weighted by Gasteiger charge is -2.34. The Labute approximate surface area is 189 Å². The summed E-state index contributed by atoms with van der Waals surface area (Å²) < 4.78 is 49.3. The van der Waals surface area contributed by atoms with Crippen LogP contribution in [0.3, 0.4) is 0 Å². The Morgan fingerprint density at radius 1 is 1.15 bits per heavy atom. The molecular formula is C23H26F3N5O2. The maximum absolute atomic E-state index is 13.3. The Bertz CT molecular complexity index is 1180. The van der Waals surface area contributed by atoms with Gasteiger partial charge in [0.15, 0.2) is 0 Å². The Morgan fingerprint density at radius 2 is 1.91 bits per heavy atom. The van der Waals surface area contributed by atoms with Crippen molar-refractivity contribution in [3.8, 4) is 0 Å². The molecule has 2 aromatic heterocycles. The van der Waals surface area contributed by atoms with Crippen molar-refractivity contribution < 1.29 is 22.7 Å². The standard InChI is InChI=1S/C23H26F3N5O2/c1-14-12-19(29(2)28-14)22(32)30-9-7-16(8-10-30)31-18-6-5-15(23(24,25)26)13-17(18)27-21(31)20-4-3-11-33-20/h5-6,12-13,16,20H,3-4,7-11H2,1-2H3/t20-/m0/s1. The predicted molar refractivity (Wildman–Crippen MR) is 115 cm³/mol. The summed E-state index contributed by atoms with van der Waals surface area (Å²) in [6.07, 6.45) is -1.56. The van der Waals surface area contributed by atoms with Gasteiger partial charge in [-0.2, -0.15) is 18.3 Å². The van der Waals surface area contributed by atoms with Gasteiger partial charge in [-0.05, 0) is 56.9 Å². The Balaban J connectivity index is 1.43. The average Bonchev–Trinajstić information content (AvgIpc) is 3.50. The number of alkyl halides is 3. The quantitative estimate of drug-likeness (QED) is 0.579. The van der Waals surface area contributed by atoms with E-state index in [1.165, 1.54) is 6.07 Å². The fraction of sp³-hybridized carbons (Fsp3) is 0.522. The number of piperidine rings is 1. The van der Waals surface area contributed by atoms with Crippen LogP contribution in [-0.2, 0) is 18.0 Å². The van der Waals surface area contributed by atoms with Crippen molar-refractivity contribution in [2.45, 2.75) is 50.9 Å². The molecule has 176 valence electrons. The Morgan fingerprint density at radius 3 is 2.52 bits per heavy atom. The molecule has 2 fully saturated rings. The molecule has 0 saturated carbocycles. The number of aryl methyl sites for hydroxylation is 2. The number of amides is 1. The number of ether oxygens (including phenoxy) is 1. The number of likely N-dealkylation sites (tertiary alicyclic amines) is 1. The van der Waals surface area contributed by atoms with E-state index in [0.29, 0.717) is 55.1 Å². The number of halogens is 3. The van der Waals surface area contributed by atoms with Gasteiger partial charge in [-0.3, -0.25) is 9.48 Å². The smallest absolute Gasteiger partial charge is 0.370 e. The number of nitrogens with zero attached hydrogens (tertiary/aromatic N) is 5. The van der Waals surface area contributed by atoms with Gasteiger partial charge in [0.05, 0.1) is 22.3 Å². The summed E-state index contributed by atoms with van der Waals surface area (Å²) >= 11 is 0. The zero-order valence-electron chi connectivity index (χ0n) is 18.6. The molecule has 10 heteroatoms. The van der Waals surface area contributed by atoms with Crippen molar-refractivity contribution in [2.24, 2.45) is 7.05 Å². The molecule has 1 atom stereocenters. The van der Waals surface area contributed by atoms with E-state index in [9.17, 15) is 18.0 Å². The largest absolute Gasteiger partial charge is 0.416 e. The van der Waals surface area contributed by atoms with E-state index in [4.69, 9.17) is 4.74 Å². The molecule has 0 aliphatic carbocycles. The second-order valence-corrected chi connectivity index (χ2v) is 8.86. The second kappa shape index (κ2) is 8.16. The van der Waals surface area contributed by atoms with Crippen LogP contribution in [0, 0.1) is 6.92 Å². The lowest BCUT2D eigenvalue weighted by molar-refractivity contribution is -0.137. The zero-order valence-corrected chi connectivity index (χ0v) is 18.6. The molecule has 4 heterocycles. The van der Waals surface area contributed by atoms with E-state index in [2.05, 4.69) is 14.6 Å². The Hall–Kier alpha value is -2.88. The van der Waals surface area contributed by atoms with Gasteiger partial charge in [0, 0.05) is 32.8 Å². The zero-order chi connectivity index (χ0) is 23.3. The summed E-state index contributed by atoms with van der Waals surface area (Å²) in [7, 11) is 1.76. The van der Waals surface area contributed by atoms with Gasteiger partial charge < -0.3 is 14.2 Å². The molecule has 1 aromatic carbocycles. The van der Waals surface area contributed by atoms with Crippen LogP contribution in [-0.4, -0.2) is 49.8 Å². The number of rotatable bonds is 3. The minimum Gasteiger partial charge on any atom is -0.370 e. The molecule has 1 amide bonds. The lowest BCUT2D eigenvalue weighted by atomic mass is 10.0. The van der Waals surface area contributed by atoms with Crippen LogP contribution in [0.1, 0.15) is 65.4 Å². The second-order valence-electron chi connectivity index (χ2n) is 8.86. The highest BCUT2D eigenvalue weighted by atomic mass is 19.4. The van der Waals surface area contributed by atoms with Crippen LogP contribution < -0.4 is 0 Å². The first kappa shape index (κ1) is 21.9. The van der Waals surface area contributed by atoms with Crippen LogP contribution in [0.5, 0.6) is 0 Å².